The Hall–Kier alpha value is -1.65. The Morgan fingerprint density at radius 2 is 1.26 bits per heavy atom. The van der Waals surface area contributed by atoms with Crippen LogP contribution in [-0.2, 0) is 10.3 Å². The summed E-state index contributed by atoms with van der Waals surface area (Å²) >= 11 is 0. The SMILES string of the molecule is COC1(c2ccc(C)cc2)C=C[C-](c2ccc(C)cc2)C=C1.[Li+]. The third-order valence-corrected chi connectivity index (χ3v) is 4.25. The Morgan fingerprint density at radius 1 is 0.783 bits per heavy atom. The van der Waals surface area contributed by atoms with Gasteiger partial charge in [-0.2, -0.15) is 0 Å². The van der Waals surface area contributed by atoms with Gasteiger partial charge in [-0.1, -0.05) is 53.4 Å². The van der Waals surface area contributed by atoms with Crippen molar-refractivity contribution in [1.29, 1.82) is 0 Å². The van der Waals surface area contributed by atoms with Gasteiger partial charge in [0.05, 0.1) is 5.60 Å². The molecule has 1 nitrogen and oxygen atoms in total. The molecule has 2 heteroatoms. The van der Waals surface area contributed by atoms with Gasteiger partial charge in [0, 0.05) is 7.11 Å². The number of hydrogen-bond donors (Lipinski definition) is 0. The first-order chi connectivity index (χ1) is 10.6. The number of aryl methyl sites for hydroxylation is 2. The number of rotatable bonds is 3. The van der Waals surface area contributed by atoms with Crippen molar-refractivity contribution < 1.29 is 23.6 Å². The van der Waals surface area contributed by atoms with E-state index in [-0.39, 0.29) is 18.9 Å². The summed E-state index contributed by atoms with van der Waals surface area (Å²) < 4.78 is 5.82. The van der Waals surface area contributed by atoms with Crippen molar-refractivity contribution in [2.75, 3.05) is 7.11 Å². The molecule has 0 unspecified atom stereocenters. The van der Waals surface area contributed by atoms with Crippen molar-refractivity contribution in [2.24, 2.45) is 0 Å². The average Bonchev–Trinajstić information content (AvgIpc) is 2.56. The summed E-state index contributed by atoms with van der Waals surface area (Å²) in [5, 5.41) is 0. The van der Waals surface area contributed by atoms with E-state index in [0.717, 1.165) is 5.56 Å². The zero-order valence-corrected chi connectivity index (χ0v) is 14.3. The summed E-state index contributed by atoms with van der Waals surface area (Å²) in [6, 6.07) is 17.1. The molecule has 0 atom stereocenters. The van der Waals surface area contributed by atoms with E-state index in [0.29, 0.717) is 0 Å². The maximum atomic E-state index is 5.82. The van der Waals surface area contributed by atoms with Gasteiger partial charge >= 0.3 is 18.9 Å². The minimum atomic E-state index is -0.470. The zero-order valence-electron chi connectivity index (χ0n) is 14.3. The van der Waals surface area contributed by atoms with Crippen molar-refractivity contribution in [3.8, 4) is 0 Å². The number of benzene rings is 2. The van der Waals surface area contributed by atoms with Crippen LogP contribution in [0.3, 0.4) is 0 Å². The molecule has 0 saturated carbocycles. The van der Waals surface area contributed by atoms with Gasteiger partial charge in [-0.15, -0.1) is 42.0 Å². The fourth-order valence-corrected chi connectivity index (χ4v) is 2.74. The predicted molar refractivity (Wildman–Crippen MR) is 91.7 cm³/mol. The van der Waals surface area contributed by atoms with Crippen LogP contribution in [0, 0.1) is 19.8 Å². The number of hydrogen-bond acceptors (Lipinski definition) is 1. The molecular weight excluding hydrogens is 275 g/mol. The Morgan fingerprint density at radius 3 is 1.74 bits per heavy atom. The van der Waals surface area contributed by atoms with Crippen molar-refractivity contribution in [3.63, 3.8) is 0 Å². The fourth-order valence-electron chi connectivity index (χ4n) is 2.74. The van der Waals surface area contributed by atoms with E-state index >= 15 is 0 Å². The monoisotopic (exact) mass is 296 g/mol. The quantitative estimate of drug-likeness (QED) is 0.621. The van der Waals surface area contributed by atoms with Crippen LogP contribution in [0.15, 0.2) is 72.8 Å². The summed E-state index contributed by atoms with van der Waals surface area (Å²) in [7, 11) is 1.76. The van der Waals surface area contributed by atoms with Crippen LogP contribution in [-0.4, -0.2) is 7.11 Å². The van der Waals surface area contributed by atoms with Crippen LogP contribution in [0.2, 0.25) is 0 Å². The van der Waals surface area contributed by atoms with Gasteiger partial charge in [-0.05, 0) is 19.4 Å². The molecule has 3 rings (SSSR count). The molecule has 0 aliphatic heterocycles. The molecule has 0 N–H and O–H groups in total. The van der Waals surface area contributed by atoms with E-state index in [2.05, 4.69) is 86.7 Å². The topological polar surface area (TPSA) is 9.23 Å². The molecular formula is C21H21LiO. The number of methoxy groups -OCH3 is 1. The van der Waals surface area contributed by atoms with Gasteiger partial charge in [0.1, 0.15) is 0 Å². The van der Waals surface area contributed by atoms with Gasteiger partial charge < -0.3 is 4.74 Å². The number of ether oxygens (including phenoxy) is 1. The molecule has 0 heterocycles. The van der Waals surface area contributed by atoms with E-state index in [1.807, 2.05) is 0 Å². The molecule has 2 aromatic rings. The summed E-state index contributed by atoms with van der Waals surface area (Å²) in [5.74, 6) is 1.21. The van der Waals surface area contributed by atoms with Gasteiger partial charge in [0.15, 0.2) is 0 Å². The summed E-state index contributed by atoms with van der Waals surface area (Å²) in [5.41, 5.74) is 4.44. The minimum Gasteiger partial charge on any atom is -0.380 e. The second kappa shape index (κ2) is 7.28. The van der Waals surface area contributed by atoms with Crippen LogP contribution in [0.25, 0.3) is 0 Å². The Balaban J connectivity index is 0.00000192. The van der Waals surface area contributed by atoms with Gasteiger partial charge in [0.2, 0.25) is 0 Å². The van der Waals surface area contributed by atoms with Gasteiger partial charge in [0.25, 0.3) is 0 Å². The van der Waals surface area contributed by atoms with Gasteiger partial charge in [-0.3, -0.25) is 0 Å². The molecule has 0 aromatic heterocycles. The van der Waals surface area contributed by atoms with Crippen LogP contribution >= 0.6 is 0 Å². The van der Waals surface area contributed by atoms with Crippen molar-refractivity contribution in [2.45, 2.75) is 19.4 Å². The maximum Gasteiger partial charge on any atom is 1.00 e. The molecule has 1 aliphatic carbocycles. The molecule has 0 amide bonds. The van der Waals surface area contributed by atoms with Crippen LogP contribution in [0.1, 0.15) is 22.3 Å². The smallest absolute Gasteiger partial charge is 0.380 e. The summed E-state index contributed by atoms with van der Waals surface area (Å²) in [6.45, 7) is 4.20. The van der Waals surface area contributed by atoms with E-state index < -0.39 is 5.60 Å². The molecule has 0 saturated heterocycles. The fraction of sp³-hybridized carbons (Fsp3) is 0.190. The second-order valence-corrected chi connectivity index (χ2v) is 5.85. The van der Waals surface area contributed by atoms with Crippen molar-refractivity contribution >= 4 is 0 Å². The number of allylic oxidation sites excluding steroid dienone is 2. The van der Waals surface area contributed by atoms with Crippen LogP contribution < -0.4 is 18.9 Å². The molecule has 2 aromatic carbocycles. The summed E-state index contributed by atoms with van der Waals surface area (Å²) in [6.07, 6.45) is 8.56. The van der Waals surface area contributed by atoms with E-state index in [1.165, 1.54) is 22.6 Å². The third-order valence-electron chi connectivity index (χ3n) is 4.25. The molecule has 1 aliphatic rings. The first kappa shape index (κ1) is 17.7. The zero-order chi connectivity index (χ0) is 15.6. The Labute approximate surface area is 151 Å². The average molecular weight is 296 g/mol. The Bertz CT molecular complexity index is 682. The van der Waals surface area contributed by atoms with Gasteiger partial charge in [-0.25, -0.2) is 0 Å². The molecule has 0 bridgehead atoms. The minimum absolute atomic E-state index is 0. The van der Waals surface area contributed by atoms with Crippen LogP contribution in [0.5, 0.6) is 0 Å². The molecule has 0 radical (unpaired) electrons. The second-order valence-electron chi connectivity index (χ2n) is 5.85. The van der Waals surface area contributed by atoms with E-state index in [1.54, 1.807) is 7.11 Å². The van der Waals surface area contributed by atoms with Crippen molar-refractivity contribution in [1.82, 2.24) is 0 Å². The predicted octanol–water partition coefficient (Wildman–Crippen LogP) is 1.90. The molecule has 23 heavy (non-hydrogen) atoms. The summed E-state index contributed by atoms with van der Waals surface area (Å²) in [4.78, 5) is 0. The molecule has 0 fully saturated rings. The molecule has 112 valence electrons. The third kappa shape index (κ3) is 3.65. The standard InChI is InChI=1S/C21H21O.Li/c1-16-4-8-18(9-5-16)19-12-14-21(22-3,15-13-19)20-10-6-17(2)7-11-20;/h4-15H,1-3H3;/q-1;+1. The van der Waals surface area contributed by atoms with E-state index in [4.69, 9.17) is 4.74 Å². The maximum absolute atomic E-state index is 5.82. The molecule has 0 spiro atoms. The van der Waals surface area contributed by atoms with Crippen LogP contribution in [0.4, 0.5) is 0 Å². The first-order valence-electron chi connectivity index (χ1n) is 7.58. The first-order valence-corrected chi connectivity index (χ1v) is 7.58. The largest absolute Gasteiger partial charge is 1.00 e. The Kier molecular flexibility index (Phi) is 5.60. The normalized spacial score (nSPS) is 15.3. The van der Waals surface area contributed by atoms with Crippen molar-refractivity contribution in [3.05, 3.63) is 101 Å². The van der Waals surface area contributed by atoms with E-state index in [9.17, 15) is 0 Å².